The first-order valence-electron chi connectivity index (χ1n) is 8.87. The first-order chi connectivity index (χ1) is 11.6. The summed E-state index contributed by atoms with van der Waals surface area (Å²) in [7, 11) is 0. The van der Waals surface area contributed by atoms with E-state index in [0.29, 0.717) is 19.6 Å². The molecule has 0 aliphatic carbocycles. The van der Waals surface area contributed by atoms with Gasteiger partial charge in [0.05, 0.1) is 0 Å². The predicted octanol–water partition coefficient (Wildman–Crippen LogP) is 3.20. The number of carbonyl (C=O) groups excluding carboxylic acids is 2. The summed E-state index contributed by atoms with van der Waals surface area (Å²) in [5.41, 5.74) is 1.15. The molecule has 0 spiro atoms. The van der Waals surface area contributed by atoms with Crippen LogP contribution in [0.15, 0.2) is 36.4 Å². The maximum absolute atomic E-state index is 12.8. The highest BCUT2D eigenvalue weighted by molar-refractivity contribution is 5.80. The fraction of sp³-hybridized carbons (Fsp3) is 0.500. The van der Waals surface area contributed by atoms with Crippen molar-refractivity contribution in [2.45, 2.75) is 33.1 Å². The van der Waals surface area contributed by atoms with E-state index < -0.39 is 0 Å². The van der Waals surface area contributed by atoms with Gasteiger partial charge in [0.25, 0.3) is 0 Å². The van der Waals surface area contributed by atoms with E-state index in [1.807, 2.05) is 28.0 Å². The van der Waals surface area contributed by atoms with Gasteiger partial charge in [-0.15, -0.1) is 0 Å². The molecular formula is C20H28N2O2. The van der Waals surface area contributed by atoms with E-state index in [4.69, 9.17) is 0 Å². The van der Waals surface area contributed by atoms with Gasteiger partial charge in [-0.3, -0.25) is 9.59 Å². The lowest BCUT2D eigenvalue weighted by molar-refractivity contribution is -0.139. The second-order valence-corrected chi connectivity index (χ2v) is 6.38. The highest BCUT2D eigenvalue weighted by Crippen LogP contribution is 2.20. The highest BCUT2D eigenvalue weighted by Gasteiger charge is 2.28. The number of amides is 2. The topological polar surface area (TPSA) is 40.6 Å². The summed E-state index contributed by atoms with van der Waals surface area (Å²) in [5.74, 6) is 0.396. The molecule has 2 amide bonds. The van der Waals surface area contributed by atoms with Crippen LogP contribution in [0.3, 0.4) is 0 Å². The van der Waals surface area contributed by atoms with Crippen molar-refractivity contribution in [3.05, 3.63) is 42.0 Å². The van der Waals surface area contributed by atoms with Crippen molar-refractivity contribution in [3.63, 3.8) is 0 Å². The van der Waals surface area contributed by atoms with E-state index in [1.54, 1.807) is 6.92 Å². The van der Waals surface area contributed by atoms with Crippen LogP contribution in [0.4, 0.5) is 0 Å². The van der Waals surface area contributed by atoms with E-state index in [-0.39, 0.29) is 17.7 Å². The van der Waals surface area contributed by atoms with Crippen LogP contribution in [0, 0.1) is 5.92 Å². The Morgan fingerprint density at radius 1 is 1.21 bits per heavy atom. The van der Waals surface area contributed by atoms with Gasteiger partial charge in [-0.2, -0.15) is 0 Å². The van der Waals surface area contributed by atoms with Gasteiger partial charge in [-0.25, -0.2) is 0 Å². The van der Waals surface area contributed by atoms with Crippen molar-refractivity contribution in [1.29, 1.82) is 0 Å². The number of hydrogen-bond donors (Lipinski definition) is 0. The molecule has 1 aromatic carbocycles. The van der Waals surface area contributed by atoms with E-state index >= 15 is 0 Å². The number of likely N-dealkylation sites (tertiary alicyclic amines) is 1. The summed E-state index contributed by atoms with van der Waals surface area (Å²) in [6.45, 7) is 6.52. The SMILES string of the molecule is CCCN(CC=Cc1ccccc1)C(=O)C1CCN(C(C)=O)CC1. The molecule has 0 N–H and O–H groups in total. The molecular weight excluding hydrogens is 300 g/mol. The molecule has 1 heterocycles. The average Bonchev–Trinajstić information content (AvgIpc) is 2.61. The van der Waals surface area contributed by atoms with Crippen LogP contribution >= 0.6 is 0 Å². The van der Waals surface area contributed by atoms with Crippen LogP contribution in [0.25, 0.3) is 6.08 Å². The molecule has 0 aromatic heterocycles. The molecule has 0 radical (unpaired) electrons. The molecule has 1 aliphatic rings. The minimum Gasteiger partial charge on any atom is -0.343 e. The van der Waals surface area contributed by atoms with Crippen molar-refractivity contribution < 1.29 is 9.59 Å². The smallest absolute Gasteiger partial charge is 0.226 e. The summed E-state index contributed by atoms with van der Waals surface area (Å²) in [6.07, 6.45) is 6.64. The zero-order valence-corrected chi connectivity index (χ0v) is 14.8. The largest absolute Gasteiger partial charge is 0.343 e. The summed E-state index contributed by atoms with van der Waals surface area (Å²) in [4.78, 5) is 28.0. The van der Waals surface area contributed by atoms with Gasteiger partial charge < -0.3 is 9.80 Å². The minimum atomic E-state index is 0.0530. The van der Waals surface area contributed by atoms with Crippen molar-refractivity contribution in [2.24, 2.45) is 5.92 Å². The fourth-order valence-corrected chi connectivity index (χ4v) is 3.14. The molecule has 2 rings (SSSR count). The van der Waals surface area contributed by atoms with Gasteiger partial charge in [-0.1, -0.05) is 49.4 Å². The zero-order valence-electron chi connectivity index (χ0n) is 14.8. The van der Waals surface area contributed by atoms with Gasteiger partial charge in [-0.05, 0) is 24.8 Å². The molecule has 0 unspecified atom stereocenters. The Bertz CT molecular complexity index is 560. The maximum atomic E-state index is 12.8. The van der Waals surface area contributed by atoms with Crippen LogP contribution < -0.4 is 0 Å². The third-order valence-corrected chi connectivity index (χ3v) is 4.53. The van der Waals surface area contributed by atoms with Gasteiger partial charge in [0.15, 0.2) is 0 Å². The third-order valence-electron chi connectivity index (χ3n) is 4.53. The number of nitrogens with zero attached hydrogens (tertiary/aromatic N) is 2. The molecule has 1 aliphatic heterocycles. The molecule has 1 saturated heterocycles. The summed E-state index contributed by atoms with van der Waals surface area (Å²) in [5, 5.41) is 0. The summed E-state index contributed by atoms with van der Waals surface area (Å²) >= 11 is 0. The van der Waals surface area contributed by atoms with Gasteiger partial charge >= 0.3 is 0 Å². The molecule has 0 atom stereocenters. The molecule has 0 bridgehead atoms. The number of piperidine rings is 1. The standard InChI is InChI=1S/C20H28N2O2/c1-3-13-22(14-7-10-18-8-5-4-6-9-18)20(24)19-11-15-21(16-12-19)17(2)23/h4-10,19H,3,11-16H2,1-2H3. The Hall–Kier alpha value is -2.10. The molecule has 1 aromatic rings. The van der Waals surface area contributed by atoms with Crippen molar-refractivity contribution >= 4 is 17.9 Å². The maximum Gasteiger partial charge on any atom is 0.226 e. The summed E-state index contributed by atoms with van der Waals surface area (Å²) in [6, 6.07) is 10.1. The normalized spacial score (nSPS) is 15.7. The molecule has 0 saturated carbocycles. The van der Waals surface area contributed by atoms with Crippen LogP contribution in [0.2, 0.25) is 0 Å². The molecule has 1 fully saturated rings. The monoisotopic (exact) mass is 328 g/mol. The Morgan fingerprint density at radius 2 is 1.88 bits per heavy atom. The Morgan fingerprint density at radius 3 is 2.46 bits per heavy atom. The van der Waals surface area contributed by atoms with Crippen LogP contribution in [0.1, 0.15) is 38.7 Å². The number of carbonyl (C=O) groups is 2. The minimum absolute atomic E-state index is 0.0530. The van der Waals surface area contributed by atoms with Crippen LogP contribution in [0.5, 0.6) is 0 Å². The summed E-state index contributed by atoms with van der Waals surface area (Å²) < 4.78 is 0. The zero-order chi connectivity index (χ0) is 17.4. The number of benzene rings is 1. The lowest BCUT2D eigenvalue weighted by Gasteiger charge is -2.33. The van der Waals surface area contributed by atoms with Crippen molar-refractivity contribution in [1.82, 2.24) is 9.80 Å². The lowest BCUT2D eigenvalue weighted by atomic mass is 9.95. The van der Waals surface area contributed by atoms with Gasteiger partial charge in [0, 0.05) is 39.0 Å². The Kier molecular flexibility index (Phi) is 7.04. The Balaban J connectivity index is 1.91. The number of rotatable bonds is 6. The lowest BCUT2D eigenvalue weighted by Crippen LogP contribution is -2.44. The molecule has 24 heavy (non-hydrogen) atoms. The van der Waals surface area contributed by atoms with Crippen LogP contribution in [-0.2, 0) is 9.59 Å². The molecule has 4 nitrogen and oxygen atoms in total. The van der Waals surface area contributed by atoms with E-state index in [9.17, 15) is 9.59 Å². The average molecular weight is 328 g/mol. The Labute approximate surface area is 145 Å². The quantitative estimate of drug-likeness (QED) is 0.804. The van der Waals surface area contributed by atoms with Crippen molar-refractivity contribution in [2.75, 3.05) is 26.2 Å². The molecule has 130 valence electrons. The second kappa shape index (κ2) is 9.26. The highest BCUT2D eigenvalue weighted by atomic mass is 16.2. The predicted molar refractivity (Wildman–Crippen MR) is 97.3 cm³/mol. The van der Waals surface area contributed by atoms with Gasteiger partial charge in [0.1, 0.15) is 0 Å². The van der Waals surface area contributed by atoms with Crippen LogP contribution in [-0.4, -0.2) is 47.8 Å². The van der Waals surface area contributed by atoms with Crippen molar-refractivity contribution in [3.8, 4) is 0 Å². The second-order valence-electron chi connectivity index (χ2n) is 6.38. The number of hydrogen-bond acceptors (Lipinski definition) is 2. The van der Waals surface area contributed by atoms with E-state index in [2.05, 4.69) is 31.2 Å². The van der Waals surface area contributed by atoms with E-state index in [1.165, 1.54) is 0 Å². The third kappa shape index (κ3) is 5.22. The van der Waals surface area contributed by atoms with Gasteiger partial charge in [0.2, 0.25) is 11.8 Å². The fourth-order valence-electron chi connectivity index (χ4n) is 3.14. The van der Waals surface area contributed by atoms with E-state index in [0.717, 1.165) is 31.4 Å². The molecule has 4 heteroatoms. The first kappa shape index (κ1) is 18.2. The first-order valence-corrected chi connectivity index (χ1v) is 8.87.